The molecule has 0 unspecified atom stereocenters. The lowest BCUT2D eigenvalue weighted by molar-refractivity contribution is 0.184. The number of nitrogens with zero attached hydrogens (tertiary/aromatic N) is 1. The molecule has 0 aliphatic carbocycles. The number of benzene rings is 1. The van der Waals surface area contributed by atoms with Crippen LogP contribution >= 0.6 is 0 Å². The smallest absolute Gasteiger partial charge is 0.217 e. The van der Waals surface area contributed by atoms with Crippen molar-refractivity contribution in [1.82, 2.24) is 4.98 Å². The summed E-state index contributed by atoms with van der Waals surface area (Å²) in [7, 11) is 0. The number of rotatable bonds is 0. The first-order valence-electron chi connectivity index (χ1n) is 6.63. The summed E-state index contributed by atoms with van der Waals surface area (Å²) >= 11 is 0. The van der Waals surface area contributed by atoms with Crippen molar-refractivity contribution in [2.75, 3.05) is 0 Å². The summed E-state index contributed by atoms with van der Waals surface area (Å²) in [6, 6.07) is 4.38. The minimum absolute atomic E-state index is 0.285. The average molecular weight is 241 g/mol. The van der Waals surface area contributed by atoms with Gasteiger partial charge in [0.2, 0.25) is 5.88 Å². The van der Waals surface area contributed by atoms with Crippen molar-refractivity contribution >= 4 is 10.9 Å². The van der Waals surface area contributed by atoms with Crippen molar-refractivity contribution in [3.8, 4) is 5.88 Å². The van der Waals surface area contributed by atoms with Crippen molar-refractivity contribution in [3.63, 3.8) is 0 Å². The molecule has 2 nitrogen and oxygen atoms in total. The second-order valence-electron chi connectivity index (χ2n) is 5.46. The van der Waals surface area contributed by atoms with Gasteiger partial charge in [0, 0.05) is 10.9 Å². The standard InChI is InChI=1S/C16H19NO/c1-9-7-10(2)15-12(4)13-6-5-11(3)18-16(13)17-14(15)8-9/h7-8,11H,5-6H2,1-4H3/t11-/m0/s1. The molecule has 3 rings (SSSR count). The van der Waals surface area contributed by atoms with Gasteiger partial charge in [-0.2, -0.15) is 0 Å². The molecule has 2 heterocycles. The molecule has 18 heavy (non-hydrogen) atoms. The van der Waals surface area contributed by atoms with Crippen molar-refractivity contribution in [1.29, 1.82) is 0 Å². The molecule has 1 aromatic carbocycles. The number of aromatic nitrogens is 1. The lowest BCUT2D eigenvalue weighted by Crippen LogP contribution is -2.20. The fourth-order valence-corrected chi connectivity index (χ4v) is 3.00. The van der Waals surface area contributed by atoms with Crippen LogP contribution in [0.2, 0.25) is 0 Å². The Hall–Kier alpha value is -1.57. The third-order valence-electron chi connectivity index (χ3n) is 3.88. The van der Waals surface area contributed by atoms with Crippen LogP contribution in [-0.2, 0) is 6.42 Å². The van der Waals surface area contributed by atoms with Gasteiger partial charge in [0.05, 0.1) is 11.6 Å². The third-order valence-corrected chi connectivity index (χ3v) is 3.88. The van der Waals surface area contributed by atoms with Crippen LogP contribution < -0.4 is 4.74 Å². The van der Waals surface area contributed by atoms with Crippen molar-refractivity contribution in [2.24, 2.45) is 0 Å². The first-order chi connectivity index (χ1) is 8.56. The molecule has 2 aromatic rings. The van der Waals surface area contributed by atoms with E-state index in [0.29, 0.717) is 0 Å². The highest BCUT2D eigenvalue weighted by Crippen LogP contribution is 2.34. The Kier molecular flexibility index (Phi) is 2.54. The van der Waals surface area contributed by atoms with E-state index >= 15 is 0 Å². The predicted octanol–water partition coefficient (Wildman–Crippen LogP) is 3.87. The van der Waals surface area contributed by atoms with E-state index in [1.165, 1.54) is 27.6 Å². The molecular formula is C16H19NO. The minimum atomic E-state index is 0.285. The second-order valence-corrected chi connectivity index (χ2v) is 5.46. The topological polar surface area (TPSA) is 22.1 Å². The van der Waals surface area contributed by atoms with Crippen molar-refractivity contribution < 1.29 is 4.74 Å². The van der Waals surface area contributed by atoms with Crippen LogP contribution in [0.25, 0.3) is 10.9 Å². The van der Waals surface area contributed by atoms with Crippen LogP contribution in [0.5, 0.6) is 5.88 Å². The van der Waals surface area contributed by atoms with E-state index in [1.807, 2.05) is 0 Å². The molecule has 1 atom stereocenters. The van der Waals surface area contributed by atoms with E-state index in [-0.39, 0.29) is 6.10 Å². The van der Waals surface area contributed by atoms with E-state index in [4.69, 9.17) is 9.72 Å². The summed E-state index contributed by atoms with van der Waals surface area (Å²) < 4.78 is 5.89. The van der Waals surface area contributed by atoms with E-state index < -0.39 is 0 Å². The third kappa shape index (κ3) is 1.67. The number of hydrogen-bond donors (Lipinski definition) is 0. The van der Waals surface area contributed by atoms with Crippen LogP contribution in [0.15, 0.2) is 12.1 Å². The minimum Gasteiger partial charge on any atom is -0.474 e. The van der Waals surface area contributed by atoms with Gasteiger partial charge in [-0.25, -0.2) is 4.98 Å². The molecule has 2 heteroatoms. The van der Waals surface area contributed by atoms with Crippen LogP contribution in [0, 0.1) is 20.8 Å². The van der Waals surface area contributed by atoms with Gasteiger partial charge in [-0.1, -0.05) is 6.07 Å². The number of ether oxygens (including phenoxy) is 1. The SMILES string of the molecule is Cc1cc(C)c2c(C)c3c(nc2c1)O[C@@H](C)CC3. The Morgan fingerprint density at radius 2 is 2.00 bits per heavy atom. The van der Waals surface area contributed by atoms with Gasteiger partial charge in [0.1, 0.15) is 0 Å². The number of fused-ring (bicyclic) bond motifs is 2. The first-order valence-corrected chi connectivity index (χ1v) is 6.63. The molecule has 0 fully saturated rings. The second kappa shape index (κ2) is 3.98. The molecule has 0 spiro atoms. The van der Waals surface area contributed by atoms with Crippen molar-refractivity contribution in [2.45, 2.75) is 46.6 Å². The summed E-state index contributed by atoms with van der Waals surface area (Å²) in [5.41, 5.74) is 6.29. The maximum atomic E-state index is 5.89. The van der Waals surface area contributed by atoms with Crippen LogP contribution in [-0.4, -0.2) is 11.1 Å². The van der Waals surface area contributed by atoms with Gasteiger partial charge in [-0.05, 0) is 63.3 Å². The lowest BCUT2D eigenvalue weighted by Gasteiger charge is -2.25. The van der Waals surface area contributed by atoms with Gasteiger partial charge < -0.3 is 4.74 Å². The Morgan fingerprint density at radius 1 is 1.22 bits per heavy atom. The molecule has 1 aliphatic rings. The number of aryl methyl sites for hydroxylation is 3. The summed E-state index contributed by atoms with van der Waals surface area (Å²) in [6.07, 6.45) is 2.46. The van der Waals surface area contributed by atoms with Crippen LogP contribution in [0.3, 0.4) is 0 Å². The summed E-state index contributed by atoms with van der Waals surface area (Å²) in [6.45, 7) is 8.60. The molecule has 94 valence electrons. The van der Waals surface area contributed by atoms with Gasteiger partial charge >= 0.3 is 0 Å². The van der Waals surface area contributed by atoms with Crippen LogP contribution in [0.4, 0.5) is 0 Å². The maximum absolute atomic E-state index is 5.89. The highest BCUT2D eigenvalue weighted by Gasteiger charge is 2.21. The Labute approximate surface area is 108 Å². The van der Waals surface area contributed by atoms with Gasteiger partial charge in [-0.3, -0.25) is 0 Å². The van der Waals surface area contributed by atoms with E-state index in [9.17, 15) is 0 Å². The van der Waals surface area contributed by atoms with E-state index in [0.717, 1.165) is 24.2 Å². The molecule has 1 aliphatic heterocycles. The molecule has 0 bridgehead atoms. The highest BCUT2D eigenvalue weighted by atomic mass is 16.5. The maximum Gasteiger partial charge on any atom is 0.217 e. The number of pyridine rings is 1. The van der Waals surface area contributed by atoms with E-state index in [2.05, 4.69) is 39.8 Å². The predicted molar refractivity (Wildman–Crippen MR) is 74.4 cm³/mol. The van der Waals surface area contributed by atoms with Crippen molar-refractivity contribution in [3.05, 3.63) is 34.4 Å². The Bertz CT molecular complexity index is 631. The molecule has 0 amide bonds. The molecule has 0 radical (unpaired) electrons. The molecular weight excluding hydrogens is 222 g/mol. The summed E-state index contributed by atoms with van der Waals surface area (Å²) in [5.74, 6) is 0.851. The average Bonchev–Trinajstić information content (AvgIpc) is 2.27. The summed E-state index contributed by atoms with van der Waals surface area (Å²) in [4.78, 5) is 4.73. The lowest BCUT2D eigenvalue weighted by atomic mass is 9.94. The molecule has 0 saturated heterocycles. The van der Waals surface area contributed by atoms with Gasteiger partial charge in [-0.15, -0.1) is 0 Å². The largest absolute Gasteiger partial charge is 0.474 e. The van der Waals surface area contributed by atoms with Gasteiger partial charge in [0.15, 0.2) is 0 Å². The Balaban J connectivity index is 2.34. The zero-order valence-electron chi connectivity index (χ0n) is 11.5. The fraction of sp³-hybridized carbons (Fsp3) is 0.438. The first kappa shape index (κ1) is 11.5. The number of hydrogen-bond acceptors (Lipinski definition) is 2. The van der Waals surface area contributed by atoms with Gasteiger partial charge in [0.25, 0.3) is 0 Å². The molecule has 1 aromatic heterocycles. The zero-order chi connectivity index (χ0) is 12.9. The quantitative estimate of drug-likeness (QED) is 0.698. The summed E-state index contributed by atoms with van der Waals surface area (Å²) in [5, 5.41) is 1.30. The Morgan fingerprint density at radius 3 is 2.78 bits per heavy atom. The highest BCUT2D eigenvalue weighted by molar-refractivity contribution is 5.88. The molecule has 0 saturated carbocycles. The van der Waals surface area contributed by atoms with Crippen LogP contribution in [0.1, 0.15) is 35.6 Å². The monoisotopic (exact) mass is 241 g/mol. The molecule has 0 N–H and O–H groups in total. The zero-order valence-corrected chi connectivity index (χ0v) is 11.5. The van der Waals surface area contributed by atoms with E-state index in [1.54, 1.807) is 0 Å². The normalized spacial score (nSPS) is 18.6. The fourth-order valence-electron chi connectivity index (χ4n) is 3.00.